The number of carboxylic acids is 1. The van der Waals surface area contributed by atoms with Gasteiger partial charge in [0.2, 0.25) is 0 Å². The third-order valence-corrected chi connectivity index (χ3v) is 3.38. The molecule has 0 atom stereocenters. The fourth-order valence-electron chi connectivity index (χ4n) is 0.965. The predicted molar refractivity (Wildman–Crippen MR) is 53.1 cm³/mol. The Morgan fingerprint density at radius 2 is 2.20 bits per heavy atom. The van der Waals surface area contributed by atoms with E-state index < -0.39 is 22.7 Å². The van der Waals surface area contributed by atoms with Crippen LogP contribution >= 0.6 is 0 Å². The van der Waals surface area contributed by atoms with Crippen molar-refractivity contribution in [2.24, 2.45) is 0 Å². The van der Waals surface area contributed by atoms with Crippen LogP contribution in [0.5, 0.6) is 0 Å². The molecule has 0 amide bonds. The third-order valence-electron chi connectivity index (χ3n) is 1.81. The van der Waals surface area contributed by atoms with E-state index in [0.29, 0.717) is 0 Å². The molecule has 15 heavy (non-hydrogen) atoms. The SMILES string of the molecule is C#CCN(CC(=O)O)S(=O)(=O)NC1CC1. The van der Waals surface area contributed by atoms with Crippen molar-refractivity contribution in [1.82, 2.24) is 9.03 Å². The Hall–Kier alpha value is -1.10. The van der Waals surface area contributed by atoms with Crippen LogP contribution < -0.4 is 4.72 Å². The van der Waals surface area contributed by atoms with E-state index in [1.807, 2.05) is 0 Å². The summed E-state index contributed by atoms with van der Waals surface area (Å²) < 4.78 is 26.2. The van der Waals surface area contributed by atoms with Gasteiger partial charge < -0.3 is 5.11 Å². The third kappa shape index (κ3) is 3.87. The van der Waals surface area contributed by atoms with Gasteiger partial charge in [0.15, 0.2) is 0 Å². The highest BCUT2D eigenvalue weighted by molar-refractivity contribution is 7.87. The molecule has 0 bridgehead atoms. The van der Waals surface area contributed by atoms with E-state index in [-0.39, 0.29) is 12.6 Å². The summed E-state index contributed by atoms with van der Waals surface area (Å²) in [7, 11) is -3.76. The van der Waals surface area contributed by atoms with Gasteiger partial charge in [-0.15, -0.1) is 6.42 Å². The molecule has 0 aromatic rings. The number of hydrogen-bond donors (Lipinski definition) is 2. The maximum atomic E-state index is 11.6. The van der Waals surface area contributed by atoms with Gasteiger partial charge in [0.25, 0.3) is 10.2 Å². The molecule has 84 valence electrons. The van der Waals surface area contributed by atoms with Gasteiger partial charge in [-0.3, -0.25) is 4.79 Å². The fourth-order valence-corrected chi connectivity index (χ4v) is 2.30. The van der Waals surface area contributed by atoms with E-state index in [9.17, 15) is 13.2 Å². The quantitative estimate of drug-likeness (QED) is 0.575. The van der Waals surface area contributed by atoms with Gasteiger partial charge in [0, 0.05) is 6.04 Å². The van der Waals surface area contributed by atoms with Crippen LogP contribution in [-0.2, 0) is 15.0 Å². The van der Waals surface area contributed by atoms with E-state index in [2.05, 4.69) is 10.6 Å². The first-order valence-electron chi connectivity index (χ1n) is 4.38. The van der Waals surface area contributed by atoms with Gasteiger partial charge >= 0.3 is 5.97 Å². The molecule has 0 aromatic heterocycles. The second-order valence-electron chi connectivity index (χ2n) is 3.26. The molecule has 7 heteroatoms. The van der Waals surface area contributed by atoms with E-state index in [1.54, 1.807) is 0 Å². The molecule has 6 nitrogen and oxygen atoms in total. The summed E-state index contributed by atoms with van der Waals surface area (Å²) in [5.41, 5.74) is 0. The Kier molecular flexibility index (Phi) is 3.68. The van der Waals surface area contributed by atoms with Crippen LogP contribution in [-0.4, -0.2) is 42.9 Å². The number of terminal acetylenes is 1. The van der Waals surface area contributed by atoms with Crippen molar-refractivity contribution >= 4 is 16.2 Å². The predicted octanol–water partition coefficient (Wildman–Crippen LogP) is -0.997. The molecule has 0 aromatic carbocycles. The van der Waals surface area contributed by atoms with Gasteiger partial charge in [0.1, 0.15) is 6.54 Å². The molecule has 0 aliphatic heterocycles. The van der Waals surface area contributed by atoms with Crippen molar-refractivity contribution in [2.45, 2.75) is 18.9 Å². The van der Waals surface area contributed by atoms with Crippen molar-refractivity contribution in [3.63, 3.8) is 0 Å². The molecule has 0 radical (unpaired) electrons. The second-order valence-corrected chi connectivity index (χ2v) is 4.97. The minimum absolute atomic E-state index is 0.0657. The van der Waals surface area contributed by atoms with Crippen LogP contribution in [0, 0.1) is 12.3 Å². The molecule has 0 saturated heterocycles. The maximum absolute atomic E-state index is 11.6. The van der Waals surface area contributed by atoms with Crippen molar-refractivity contribution in [2.75, 3.05) is 13.1 Å². The zero-order valence-corrected chi connectivity index (χ0v) is 8.83. The summed E-state index contributed by atoms with van der Waals surface area (Å²) in [5, 5.41) is 8.52. The molecule has 0 spiro atoms. The summed E-state index contributed by atoms with van der Waals surface area (Å²) in [5.74, 6) is 0.886. The first-order chi connectivity index (χ1) is 6.95. The van der Waals surface area contributed by atoms with Crippen LogP contribution in [0.3, 0.4) is 0 Å². The van der Waals surface area contributed by atoms with Crippen LogP contribution in [0.4, 0.5) is 0 Å². The van der Waals surface area contributed by atoms with E-state index in [1.165, 1.54) is 0 Å². The number of hydrogen-bond acceptors (Lipinski definition) is 3. The first-order valence-corrected chi connectivity index (χ1v) is 5.82. The Balaban J connectivity index is 2.67. The summed E-state index contributed by atoms with van der Waals surface area (Å²) in [4.78, 5) is 10.4. The monoisotopic (exact) mass is 232 g/mol. The van der Waals surface area contributed by atoms with Crippen molar-refractivity contribution in [1.29, 1.82) is 0 Å². The lowest BCUT2D eigenvalue weighted by atomic mass is 10.6. The zero-order chi connectivity index (χ0) is 11.5. The van der Waals surface area contributed by atoms with Gasteiger partial charge in [-0.2, -0.15) is 17.4 Å². The van der Waals surface area contributed by atoms with Crippen LogP contribution in [0.15, 0.2) is 0 Å². The molecule has 2 N–H and O–H groups in total. The van der Waals surface area contributed by atoms with Crippen LogP contribution in [0.1, 0.15) is 12.8 Å². The highest BCUT2D eigenvalue weighted by Crippen LogP contribution is 2.20. The molecular formula is C8H12N2O4S. The van der Waals surface area contributed by atoms with Gasteiger partial charge in [-0.1, -0.05) is 5.92 Å². The Morgan fingerprint density at radius 1 is 1.60 bits per heavy atom. The Morgan fingerprint density at radius 3 is 2.60 bits per heavy atom. The molecule has 0 unspecified atom stereocenters. The van der Waals surface area contributed by atoms with Crippen molar-refractivity contribution < 1.29 is 18.3 Å². The second kappa shape index (κ2) is 4.61. The minimum Gasteiger partial charge on any atom is -0.480 e. The van der Waals surface area contributed by atoms with Crippen LogP contribution in [0.25, 0.3) is 0 Å². The largest absolute Gasteiger partial charge is 0.480 e. The topological polar surface area (TPSA) is 86.7 Å². The van der Waals surface area contributed by atoms with Crippen LogP contribution in [0.2, 0.25) is 0 Å². The van der Waals surface area contributed by atoms with Crippen molar-refractivity contribution in [3.8, 4) is 12.3 Å². The minimum atomic E-state index is -3.76. The van der Waals surface area contributed by atoms with Crippen molar-refractivity contribution in [3.05, 3.63) is 0 Å². The highest BCUT2D eigenvalue weighted by Gasteiger charge is 2.31. The summed E-state index contributed by atoms with van der Waals surface area (Å²) in [6, 6.07) is -0.0657. The number of carbonyl (C=O) groups is 1. The van der Waals surface area contributed by atoms with Gasteiger partial charge in [-0.05, 0) is 12.8 Å². The average Bonchev–Trinajstić information content (AvgIpc) is 2.86. The Bertz CT molecular complexity index is 380. The molecule has 1 rings (SSSR count). The summed E-state index contributed by atoms with van der Waals surface area (Å²) in [6.07, 6.45) is 6.55. The molecule has 1 saturated carbocycles. The fraction of sp³-hybridized carbons (Fsp3) is 0.625. The normalized spacial score (nSPS) is 16.3. The molecule has 1 fully saturated rings. The molecule has 1 aliphatic carbocycles. The zero-order valence-electron chi connectivity index (χ0n) is 8.01. The smallest absolute Gasteiger partial charge is 0.318 e. The lowest BCUT2D eigenvalue weighted by molar-refractivity contribution is -0.137. The number of aliphatic carboxylic acids is 1. The number of rotatable bonds is 6. The standard InChI is InChI=1S/C8H12N2O4S/c1-2-5-10(6-8(11)12)15(13,14)9-7-3-4-7/h1,7,9H,3-6H2,(H,11,12). The van der Waals surface area contributed by atoms with E-state index >= 15 is 0 Å². The number of carboxylic acid groups (broad SMARTS) is 1. The molecule has 0 heterocycles. The first kappa shape index (κ1) is 12.0. The lowest BCUT2D eigenvalue weighted by Gasteiger charge is -2.17. The van der Waals surface area contributed by atoms with E-state index in [4.69, 9.17) is 11.5 Å². The lowest BCUT2D eigenvalue weighted by Crippen LogP contribution is -2.44. The summed E-state index contributed by atoms with van der Waals surface area (Å²) in [6.45, 7) is -0.861. The van der Waals surface area contributed by atoms with E-state index in [0.717, 1.165) is 17.1 Å². The Labute approximate surface area is 88.4 Å². The molecular weight excluding hydrogens is 220 g/mol. The maximum Gasteiger partial charge on any atom is 0.318 e. The average molecular weight is 232 g/mol. The van der Waals surface area contributed by atoms with Gasteiger partial charge in [-0.25, -0.2) is 0 Å². The highest BCUT2D eigenvalue weighted by atomic mass is 32.2. The summed E-state index contributed by atoms with van der Waals surface area (Å²) >= 11 is 0. The van der Waals surface area contributed by atoms with Gasteiger partial charge in [0.05, 0.1) is 6.54 Å². The number of nitrogens with one attached hydrogen (secondary N) is 1. The molecule has 1 aliphatic rings. The number of nitrogens with zero attached hydrogens (tertiary/aromatic N) is 1.